The predicted octanol–water partition coefficient (Wildman–Crippen LogP) is 4.40. The normalized spacial score (nSPS) is 10.4. The summed E-state index contributed by atoms with van der Waals surface area (Å²) < 4.78 is 10.8. The lowest BCUT2D eigenvalue weighted by molar-refractivity contribution is 0.242. The Labute approximate surface area is 155 Å². The number of ether oxygens (including phenoxy) is 2. The molecule has 0 saturated carbocycles. The molecule has 4 nitrogen and oxygen atoms in total. The quantitative estimate of drug-likeness (QED) is 0.541. The Hall–Kier alpha value is -2.27. The van der Waals surface area contributed by atoms with E-state index in [1.165, 1.54) is 5.56 Å². The van der Waals surface area contributed by atoms with Crippen molar-refractivity contribution in [3.63, 3.8) is 0 Å². The third-order valence-electron chi connectivity index (χ3n) is 3.57. The zero-order valence-corrected chi connectivity index (χ0v) is 15.9. The first-order valence-electron chi connectivity index (χ1n) is 8.51. The number of aryl methyl sites for hydroxylation is 1. The fourth-order valence-corrected chi connectivity index (χ4v) is 2.57. The molecule has 0 unspecified atom stereocenters. The molecule has 2 aromatic carbocycles. The molecule has 0 amide bonds. The number of hydrogen-bond donors (Lipinski definition) is 2. The van der Waals surface area contributed by atoms with Crippen LogP contribution in [-0.2, 0) is 6.42 Å². The number of anilines is 1. The molecule has 25 heavy (non-hydrogen) atoms. The summed E-state index contributed by atoms with van der Waals surface area (Å²) in [5.41, 5.74) is 2.24. The molecule has 0 heterocycles. The van der Waals surface area contributed by atoms with Crippen LogP contribution >= 0.6 is 12.2 Å². The Morgan fingerprint density at radius 2 is 1.64 bits per heavy atom. The Bertz CT molecular complexity index is 654. The SMILES string of the molecule is COc1ccc(NC(=S)NCCCc2ccc(OC(C)C)cc2)cc1. The van der Waals surface area contributed by atoms with Crippen LogP contribution in [0.5, 0.6) is 11.5 Å². The minimum Gasteiger partial charge on any atom is -0.497 e. The molecular weight excluding hydrogens is 332 g/mol. The second-order valence-corrected chi connectivity index (χ2v) is 6.43. The summed E-state index contributed by atoms with van der Waals surface area (Å²) in [7, 11) is 1.65. The van der Waals surface area contributed by atoms with Gasteiger partial charge in [-0.25, -0.2) is 0 Å². The number of benzene rings is 2. The second-order valence-electron chi connectivity index (χ2n) is 6.02. The lowest BCUT2D eigenvalue weighted by Crippen LogP contribution is -2.29. The van der Waals surface area contributed by atoms with E-state index in [1.54, 1.807) is 7.11 Å². The molecule has 0 bridgehead atoms. The summed E-state index contributed by atoms with van der Waals surface area (Å²) in [5.74, 6) is 1.75. The van der Waals surface area contributed by atoms with E-state index in [2.05, 4.69) is 22.8 Å². The number of thiocarbonyl (C=S) groups is 1. The van der Waals surface area contributed by atoms with Crippen LogP contribution in [0.2, 0.25) is 0 Å². The molecule has 0 aliphatic carbocycles. The summed E-state index contributed by atoms with van der Waals surface area (Å²) >= 11 is 5.31. The first-order chi connectivity index (χ1) is 12.1. The average molecular weight is 359 g/mol. The monoisotopic (exact) mass is 358 g/mol. The van der Waals surface area contributed by atoms with E-state index in [4.69, 9.17) is 21.7 Å². The van der Waals surface area contributed by atoms with Gasteiger partial charge >= 0.3 is 0 Å². The van der Waals surface area contributed by atoms with Crippen molar-refractivity contribution in [2.75, 3.05) is 19.0 Å². The first-order valence-corrected chi connectivity index (χ1v) is 8.92. The molecule has 0 radical (unpaired) electrons. The molecule has 0 fully saturated rings. The van der Waals surface area contributed by atoms with Crippen molar-refractivity contribution < 1.29 is 9.47 Å². The number of rotatable bonds is 8. The number of nitrogens with one attached hydrogen (secondary N) is 2. The summed E-state index contributed by atoms with van der Waals surface area (Å²) in [6.45, 7) is 4.89. The summed E-state index contributed by atoms with van der Waals surface area (Å²) in [4.78, 5) is 0. The van der Waals surface area contributed by atoms with Gasteiger partial charge in [0, 0.05) is 12.2 Å². The molecule has 2 aromatic rings. The minimum absolute atomic E-state index is 0.203. The van der Waals surface area contributed by atoms with Crippen LogP contribution in [0.3, 0.4) is 0 Å². The fraction of sp³-hybridized carbons (Fsp3) is 0.350. The van der Waals surface area contributed by atoms with E-state index in [0.717, 1.165) is 36.6 Å². The predicted molar refractivity (Wildman–Crippen MR) is 108 cm³/mol. The summed E-state index contributed by atoms with van der Waals surface area (Å²) in [5, 5.41) is 7.03. The molecule has 2 N–H and O–H groups in total. The maximum absolute atomic E-state index is 5.65. The lowest BCUT2D eigenvalue weighted by atomic mass is 10.1. The topological polar surface area (TPSA) is 42.5 Å². The molecule has 0 saturated heterocycles. The Morgan fingerprint density at radius 3 is 2.24 bits per heavy atom. The maximum atomic E-state index is 5.65. The van der Waals surface area contributed by atoms with E-state index < -0.39 is 0 Å². The van der Waals surface area contributed by atoms with E-state index in [0.29, 0.717) is 5.11 Å². The van der Waals surface area contributed by atoms with Crippen molar-refractivity contribution >= 4 is 23.0 Å². The van der Waals surface area contributed by atoms with Crippen LogP contribution in [0.1, 0.15) is 25.8 Å². The zero-order chi connectivity index (χ0) is 18.1. The Morgan fingerprint density at radius 1 is 1.00 bits per heavy atom. The summed E-state index contributed by atoms with van der Waals surface area (Å²) in [6, 6.07) is 16.0. The molecule has 0 spiro atoms. The minimum atomic E-state index is 0.203. The van der Waals surface area contributed by atoms with E-state index in [-0.39, 0.29) is 6.10 Å². The highest BCUT2D eigenvalue weighted by atomic mass is 32.1. The number of methoxy groups -OCH3 is 1. The molecule has 5 heteroatoms. The van der Waals surface area contributed by atoms with Gasteiger partial charge < -0.3 is 20.1 Å². The summed E-state index contributed by atoms with van der Waals surface area (Å²) in [6.07, 6.45) is 2.21. The third-order valence-corrected chi connectivity index (χ3v) is 3.82. The lowest BCUT2D eigenvalue weighted by Gasteiger charge is -2.12. The van der Waals surface area contributed by atoms with E-state index >= 15 is 0 Å². The van der Waals surface area contributed by atoms with Gasteiger partial charge in [0.1, 0.15) is 11.5 Å². The van der Waals surface area contributed by atoms with Gasteiger partial charge in [0.15, 0.2) is 5.11 Å². The largest absolute Gasteiger partial charge is 0.497 e. The molecular formula is C20H26N2O2S. The Kier molecular flexibility index (Phi) is 7.54. The highest BCUT2D eigenvalue weighted by Crippen LogP contribution is 2.15. The smallest absolute Gasteiger partial charge is 0.170 e. The van der Waals surface area contributed by atoms with Crippen LogP contribution in [-0.4, -0.2) is 24.9 Å². The highest BCUT2D eigenvalue weighted by molar-refractivity contribution is 7.80. The highest BCUT2D eigenvalue weighted by Gasteiger charge is 2.00. The van der Waals surface area contributed by atoms with Gasteiger partial charge in [0.25, 0.3) is 0 Å². The van der Waals surface area contributed by atoms with Crippen LogP contribution in [0.25, 0.3) is 0 Å². The van der Waals surface area contributed by atoms with Crippen molar-refractivity contribution in [3.05, 3.63) is 54.1 Å². The molecule has 0 aromatic heterocycles. The van der Waals surface area contributed by atoms with Crippen LogP contribution in [0.4, 0.5) is 5.69 Å². The number of hydrogen-bond acceptors (Lipinski definition) is 3. The van der Waals surface area contributed by atoms with Crippen LogP contribution < -0.4 is 20.1 Å². The van der Waals surface area contributed by atoms with Crippen LogP contribution in [0.15, 0.2) is 48.5 Å². The van der Waals surface area contributed by atoms with E-state index in [9.17, 15) is 0 Å². The molecule has 0 atom stereocenters. The fourth-order valence-electron chi connectivity index (χ4n) is 2.35. The van der Waals surface area contributed by atoms with E-state index in [1.807, 2.05) is 50.2 Å². The average Bonchev–Trinajstić information content (AvgIpc) is 2.60. The van der Waals surface area contributed by atoms with Gasteiger partial charge in [-0.2, -0.15) is 0 Å². The van der Waals surface area contributed by atoms with Gasteiger partial charge in [-0.05, 0) is 80.9 Å². The first kappa shape index (κ1) is 19.1. The zero-order valence-electron chi connectivity index (χ0n) is 15.0. The molecule has 2 rings (SSSR count). The van der Waals surface area contributed by atoms with Gasteiger partial charge in [-0.3, -0.25) is 0 Å². The van der Waals surface area contributed by atoms with Crippen molar-refractivity contribution in [2.45, 2.75) is 32.8 Å². The van der Waals surface area contributed by atoms with Crippen molar-refractivity contribution in [2.24, 2.45) is 0 Å². The van der Waals surface area contributed by atoms with Crippen molar-refractivity contribution in [1.29, 1.82) is 0 Å². The second kappa shape index (κ2) is 9.89. The van der Waals surface area contributed by atoms with Crippen molar-refractivity contribution in [1.82, 2.24) is 5.32 Å². The third kappa shape index (κ3) is 7.01. The Balaban J connectivity index is 1.67. The van der Waals surface area contributed by atoms with Crippen molar-refractivity contribution in [3.8, 4) is 11.5 Å². The molecule has 134 valence electrons. The van der Waals surface area contributed by atoms with Gasteiger partial charge in [0.2, 0.25) is 0 Å². The molecule has 0 aliphatic heterocycles. The standard InChI is InChI=1S/C20H26N2O2S/c1-15(2)24-19-10-6-16(7-11-19)5-4-14-21-20(25)22-17-8-12-18(23-3)13-9-17/h6-13,15H,4-5,14H2,1-3H3,(H2,21,22,25). The van der Waals surface area contributed by atoms with Gasteiger partial charge in [-0.15, -0.1) is 0 Å². The maximum Gasteiger partial charge on any atom is 0.170 e. The van der Waals surface area contributed by atoms with Gasteiger partial charge in [-0.1, -0.05) is 12.1 Å². The van der Waals surface area contributed by atoms with Crippen LogP contribution in [0, 0.1) is 0 Å². The van der Waals surface area contributed by atoms with Gasteiger partial charge in [0.05, 0.1) is 13.2 Å². The molecule has 0 aliphatic rings.